The Morgan fingerprint density at radius 2 is 1.55 bits per heavy atom. The van der Waals surface area contributed by atoms with Gasteiger partial charge in [0.2, 0.25) is 5.91 Å². The second kappa shape index (κ2) is 10.9. The number of unbranched alkanes of at least 4 members (excludes halogenated alkanes) is 1. The zero-order valence-electron chi connectivity index (χ0n) is 12.5. The van der Waals surface area contributed by atoms with Crippen molar-refractivity contribution in [2.45, 2.75) is 37.7 Å². The maximum Gasteiger partial charge on any atom is 0.336 e. The van der Waals surface area contributed by atoms with E-state index >= 15 is 0 Å². The van der Waals surface area contributed by atoms with Gasteiger partial charge in [0, 0.05) is 6.54 Å². The van der Waals surface area contributed by atoms with Gasteiger partial charge in [-0.15, -0.1) is 0 Å². The molecule has 0 saturated carbocycles. The van der Waals surface area contributed by atoms with E-state index in [1.165, 1.54) is 0 Å². The molecule has 7 N–H and O–H groups in total. The van der Waals surface area contributed by atoms with Crippen LogP contribution in [0.3, 0.4) is 0 Å². The quantitative estimate of drug-likeness (QED) is 0.223. The highest BCUT2D eigenvalue weighted by Crippen LogP contribution is 2.15. The highest BCUT2D eigenvalue weighted by Gasteiger charge is 2.40. The number of carbonyl (C=O) groups is 3. The standard InChI is InChI=1S/C13H25N3O6/c14-4-3-6-15-5-1-2-7-16-10(17)8-13(22,12(20)21)9-11(18)19/h15,22H,1-9,14H2,(H,16,17)(H,18,19)(H,20,21)/t13-/m0/s1. The molecule has 0 fully saturated rings. The van der Waals surface area contributed by atoms with E-state index in [-0.39, 0.29) is 0 Å². The zero-order chi connectivity index (χ0) is 17.0. The van der Waals surface area contributed by atoms with Crippen molar-refractivity contribution in [3.05, 3.63) is 0 Å². The molecule has 9 heteroatoms. The van der Waals surface area contributed by atoms with Crippen LogP contribution in [0.2, 0.25) is 0 Å². The number of carbonyl (C=O) groups excluding carboxylic acids is 1. The summed E-state index contributed by atoms with van der Waals surface area (Å²) < 4.78 is 0. The molecule has 0 aliphatic rings. The summed E-state index contributed by atoms with van der Waals surface area (Å²) in [7, 11) is 0. The van der Waals surface area contributed by atoms with Crippen molar-refractivity contribution in [1.82, 2.24) is 10.6 Å². The van der Waals surface area contributed by atoms with Gasteiger partial charge >= 0.3 is 11.9 Å². The molecule has 0 bridgehead atoms. The summed E-state index contributed by atoms with van der Waals surface area (Å²) in [5.74, 6) is -3.90. The lowest BCUT2D eigenvalue weighted by Gasteiger charge is -2.20. The van der Waals surface area contributed by atoms with Gasteiger partial charge in [-0.3, -0.25) is 9.59 Å². The molecule has 0 heterocycles. The fourth-order valence-corrected chi connectivity index (χ4v) is 1.75. The molecular weight excluding hydrogens is 294 g/mol. The average molecular weight is 319 g/mol. The third-order valence-electron chi connectivity index (χ3n) is 2.95. The average Bonchev–Trinajstić information content (AvgIpc) is 2.40. The molecule has 0 aromatic rings. The van der Waals surface area contributed by atoms with Crippen molar-refractivity contribution in [3.8, 4) is 0 Å². The Balaban J connectivity index is 3.92. The highest BCUT2D eigenvalue weighted by molar-refractivity contribution is 5.90. The molecule has 22 heavy (non-hydrogen) atoms. The van der Waals surface area contributed by atoms with Crippen LogP contribution in [-0.2, 0) is 14.4 Å². The number of rotatable bonds is 13. The van der Waals surface area contributed by atoms with E-state index in [4.69, 9.17) is 15.9 Å². The topological polar surface area (TPSA) is 162 Å². The lowest BCUT2D eigenvalue weighted by atomic mass is 9.95. The summed E-state index contributed by atoms with van der Waals surface area (Å²) in [6.45, 7) is 2.59. The van der Waals surface area contributed by atoms with Crippen LogP contribution in [0, 0.1) is 0 Å². The lowest BCUT2D eigenvalue weighted by molar-refractivity contribution is -0.167. The Labute approximate surface area is 128 Å². The van der Waals surface area contributed by atoms with E-state index in [1.807, 2.05) is 0 Å². The first-order valence-electron chi connectivity index (χ1n) is 7.17. The zero-order valence-corrected chi connectivity index (χ0v) is 12.5. The van der Waals surface area contributed by atoms with Crippen LogP contribution in [0.5, 0.6) is 0 Å². The smallest absolute Gasteiger partial charge is 0.336 e. The maximum atomic E-state index is 11.6. The first-order valence-corrected chi connectivity index (χ1v) is 7.17. The van der Waals surface area contributed by atoms with E-state index in [0.29, 0.717) is 19.5 Å². The SMILES string of the molecule is NCCCNCCCCNC(=O)C[C@](O)(CC(=O)O)C(=O)O. The highest BCUT2D eigenvalue weighted by atomic mass is 16.4. The fourth-order valence-electron chi connectivity index (χ4n) is 1.75. The Morgan fingerprint density at radius 1 is 0.955 bits per heavy atom. The number of nitrogens with one attached hydrogen (secondary N) is 2. The Hall–Kier alpha value is -1.71. The second-order valence-electron chi connectivity index (χ2n) is 5.03. The van der Waals surface area contributed by atoms with Crippen molar-refractivity contribution >= 4 is 17.8 Å². The van der Waals surface area contributed by atoms with Gasteiger partial charge in [-0.05, 0) is 38.9 Å². The summed E-state index contributed by atoms with van der Waals surface area (Å²) in [6.07, 6.45) is 0.591. The first-order chi connectivity index (χ1) is 10.3. The van der Waals surface area contributed by atoms with Crippen molar-refractivity contribution in [2.75, 3.05) is 26.2 Å². The minimum atomic E-state index is -2.58. The van der Waals surface area contributed by atoms with Gasteiger partial charge in [-0.1, -0.05) is 0 Å². The number of hydrogen-bond acceptors (Lipinski definition) is 6. The molecule has 128 valence electrons. The van der Waals surface area contributed by atoms with Crippen LogP contribution in [0.25, 0.3) is 0 Å². The molecule has 0 saturated heterocycles. The lowest BCUT2D eigenvalue weighted by Crippen LogP contribution is -2.45. The molecule has 1 atom stereocenters. The number of carboxylic acids is 2. The molecule has 0 aliphatic carbocycles. The molecule has 0 aromatic heterocycles. The number of aliphatic carboxylic acids is 2. The van der Waals surface area contributed by atoms with Gasteiger partial charge in [0.1, 0.15) is 0 Å². The Kier molecular flexibility index (Phi) is 10.1. The van der Waals surface area contributed by atoms with Gasteiger partial charge in [-0.2, -0.15) is 0 Å². The van der Waals surface area contributed by atoms with Gasteiger partial charge in [0.05, 0.1) is 12.8 Å². The van der Waals surface area contributed by atoms with Crippen LogP contribution >= 0.6 is 0 Å². The van der Waals surface area contributed by atoms with Crippen molar-refractivity contribution < 1.29 is 29.7 Å². The summed E-state index contributed by atoms with van der Waals surface area (Å²) >= 11 is 0. The van der Waals surface area contributed by atoms with Crippen molar-refractivity contribution in [2.24, 2.45) is 5.73 Å². The molecule has 1 amide bonds. The van der Waals surface area contributed by atoms with E-state index in [9.17, 15) is 19.5 Å². The van der Waals surface area contributed by atoms with E-state index in [2.05, 4.69) is 10.6 Å². The largest absolute Gasteiger partial charge is 0.481 e. The van der Waals surface area contributed by atoms with Gasteiger partial charge in [0.15, 0.2) is 5.60 Å². The summed E-state index contributed by atoms with van der Waals surface area (Å²) in [6, 6.07) is 0. The van der Waals surface area contributed by atoms with Crippen LogP contribution < -0.4 is 16.4 Å². The van der Waals surface area contributed by atoms with Crippen LogP contribution in [0.15, 0.2) is 0 Å². The fraction of sp³-hybridized carbons (Fsp3) is 0.769. The molecule has 0 aliphatic heterocycles. The van der Waals surface area contributed by atoms with Crippen LogP contribution in [0.4, 0.5) is 0 Å². The normalized spacial score (nSPS) is 13.4. The molecule has 0 rings (SSSR count). The second-order valence-corrected chi connectivity index (χ2v) is 5.03. The van der Waals surface area contributed by atoms with Crippen LogP contribution in [0.1, 0.15) is 32.1 Å². The van der Waals surface area contributed by atoms with E-state index < -0.39 is 36.3 Å². The molecule has 0 aromatic carbocycles. The predicted molar refractivity (Wildman–Crippen MR) is 78.2 cm³/mol. The maximum absolute atomic E-state index is 11.6. The predicted octanol–water partition coefficient (Wildman–Crippen LogP) is -1.50. The monoisotopic (exact) mass is 319 g/mol. The molecule has 0 spiro atoms. The van der Waals surface area contributed by atoms with Crippen LogP contribution in [-0.4, -0.2) is 64.9 Å². The van der Waals surface area contributed by atoms with Crippen molar-refractivity contribution in [1.29, 1.82) is 0 Å². The van der Waals surface area contributed by atoms with E-state index in [1.54, 1.807) is 0 Å². The third-order valence-corrected chi connectivity index (χ3v) is 2.95. The first kappa shape index (κ1) is 20.3. The number of hydrogen-bond donors (Lipinski definition) is 6. The van der Waals surface area contributed by atoms with E-state index in [0.717, 1.165) is 25.9 Å². The Bertz CT molecular complexity index is 377. The van der Waals surface area contributed by atoms with Gasteiger partial charge < -0.3 is 31.7 Å². The minimum Gasteiger partial charge on any atom is -0.481 e. The number of carboxylic acid groups (broad SMARTS) is 2. The van der Waals surface area contributed by atoms with Gasteiger partial charge in [-0.25, -0.2) is 4.79 Å². The third kappa shape index (κ3) is 9.27. The number of aliphatic hydroxyl groups is 1. The summed E-state index contributed by atoms with van der Waals surface area (Å²) in [4.78, 5) is 33.0. The van der Waals surface area contributed by atoms with Crippen molar-refractivity contribution in [3.63, 3.8) is 0 Å². The minimum absolute atomic E-state index is 0.334. The van der Waals surface area contributed by atoms with Gasteiger partial charge in [0.25, 0.3) is 0 Å². The Morgan fingerprint density at radius 3 is 2.09 bits per heavy atom. The molecule has 0 radical (unpaired) electrons. The summed E-state index contributed by atoms with van der Waals surface area (Å²) in [5, 5.41) is 32.7. The number of amides is 1. The molecule has 9 nitrogen and oxygen atoms in total. The summed E-state index contributed by atoms with van der Waals surface area (Å²) in [5.41, 5.74) is 2.76. The number of nitrogens with two attached hydrogens (primary N) is 1. The molecular formula is C13H25N3O6. The molecule has 0 unspecified atom stereocenters.